The summed E-state index contributed by atoms with van der Waals surface area (Å²) in [5.74, 6) is -1.60. The highest BCUT2D eigenvalue weighted by Crippen LogP contribution is 2.38. The van der Waals surface area contributed by atoms with Crippen molar-refractivity contribution in [3.63, 3.8) is 0 Å². The van der Waals surface area contributed by atoms with Gasteiger partial charge >= 0.3 is 0 Å². The molecule has 0 heterocycles. The highest BCUT2D eigenvalue weighted by atomic mass is 19.2. The molecule has 3 aromatic carbocycles. The minimum Gasteiger partial charge on any atom is -0.491 e. The van der Waals surface area contributed by atoms with Crippen molar-refractivity contribution in [1.82, 2.24) is 0 Å². The number of halogens is 3. The summed E-state index contributed by atoms with van der Waals surface area (Å²) in [6.45, 7) is 2.45. The maximum atomic E-state index is 14.7. The van der Waals surface area contributed by atoms with E-state index >= 15 is 0 Å². The number of benzene rings is 3. The first-order valence-corrected chi connectivity index (χ1v) is 11.7. The van der Waals surface area contributed by atoms with Crippen LogP contribution in [0.4, 0.5) is 13.2 Å². The third-order valence-corrected chi connectivity index (χ3v) is 6.54. The Kier molecular flexibility index (Phi) is 7.78. The average molecular weight is 471 g/mol. The van der Waals surface area contributed by atoms with Gasteiger partial charge in [-0.05, 0) is 85.4 Å². The summed E-state index contributed by atoms with van der Waals surface area (Å²) >= 11 is 0. The van der Waals surface area contributed by atoms with Crippen LogP contribution >= 0.6 is 0 Å². The Labute approximate surface area is 198 Å². The largest absolute Gasteiger partial charge is 0.491 e. The summed E-state index contributed by atoms with van der Waals surface area (Å²) < 4.78 is 54.5. The molecule has 180 valence electrons. The number of rotatable bonds is 8. The third kappa shape index (κ3) is 5.39. The van der Waals surface area contributed by atoms with Crippen molar-refractivity contribution in [2.75, 3.05) is 13.2 Å². The van der Waals surface area contributed by atoms with Gasteiger partial charge in [-0.3, -0.25) is 0 Å². The molecule has 0 spiro atoms. The lowest BCUT2D eigenvalue weighted by atomic mass is 9.79. The van der Waals surface area contributed by atoms with Crippen LogP contribution in [0.25, 0.3) is 11.1 Å². The van der Waals surface area contributed by atoms with E-state index in [2.05, 4.69) is 0 Å². The van der Waals surface area contributed by atoms with Crippen LogP contribution in [0, 0.1) is 23.4 Å². The Morgan fingerprint density at radius 2 is 1.53 bits per heavy atom. The second kappa shape index (κ2) is 11.0. The van der Waals surface area contributed by atoms with Crippen LogP contribution in [0.5, 0.6) is 11.5 Å². The zero-order valence-electron chi connectivity index (χ0n) is 19.2. The van der Waals surface area contributed by atoms with Crippen molar-refractivity contribution in [2.24, 2.45) is 5.92 Å². The minimum absolute atomic E-state index is 0.0936. The lowest BCUT2D eigenvalue weighted by Crippen LogP contribution is -2.19. The van der Waals surface area contributed by atoms with Gasteiger partial charge in [0.2, 0.25) is 5.82 Å². The summed E-state index contributed by atoms with van der Waals surface area (Å²) in [4.78, 5) is 0. The molecule has 0 aromatic heterocycles. The minimum atomic E-state index is -0.998. The summed E-state index contributed by atoms with van der Waals surface area (Å²) in [7, 11) is 0. The zero-order chi connectivity index (χ0) is 24.1. The van der Waals surface area contributed by atoms with E-state index in [4.69, 9.17) is 14.6 Å². The summed E-state index contributed by atoms with van der Waals surface area (Å²) in [5.41, 5.74) is 2.35. The molecule has 1 N–H and O–H groups in total. The van der Waals surface area contributed by atoms with E-state index in [9.17, 15) is 13.2 Å². The van der Waals surface area contributed by atoms with Crippen LogP contribution in [0.1, 0.15) is 49.7 Å². The van der Waals surface area contributed by atoms with Gasteiger partial charge in [0.15, 0.2) is 23.1 Å². The van der Waals surface area contributed by atoms with Gasteiger partial charge in [0, 0.05) is 5.56 Å². The maximum Gasteiger partial charge on any atom is 0.201 e. The predicted octanol–water partition coefficient (Wildman–Crippen LogP) is 7.01. The summed E-state index contributed by atoms with van der Waals surface area (Å²) in [6.07, 6.45) is 3.53. The van der Waals surface area contributed by atoms with Crippen molar-refractivity contribution in [2.45, 2.75) is 45.1 Å². The first-order chi connectivity index (χ1) is 16.5. The van der Waals surface area contributed by atoms with Gasteiger partial charge in [-0.2, -0.15) is 4.39 Å². The van der Waals surface area contributed by atoms with Gasteiger partial charge in [0.25, 0.3) is 0 Å². The van der Waals surface area contributed by atoms with Crippen molar-refractivity contribution in [1.29, 1.82) is 0 Å². The number of hydrogen-bond donors (Lipinski definition) is 1. The number of aliphatic hydroxyl groups excluding tert-OH is 1. The smallest absolute Gasteiger partial charge is 0.201 e. The fourth-order valence-electron chi connectivity index (χ4n) is 4.57. The van der Waals surface area contributed by atoms with Crippen molar-refractivity contribution < 1.29 is 27.8 Å². The zero-order valence-corrected chi connectivity index (χ0v) is 19.2. The molecular weight excluding hydrogens is 441 g/mol. The first kappa shape index (κ1) is 24.1. The van der Waals surface area contributed by atoms with Crippen LogP contribution in [-0.2, 0) is 6.61 Å². The molecule has 0 aliphatic heterocycles. The molecule has 0 amide bonds. The molecule has 4 rings (SSSR count). The summed E-state index contributed by atoms with van der Waals surface area (Å²) in [6, 6.07) is 14.8. The van der Waals surface area contributed by atoms with Crippen LogP contribution in [0.15, 0.2) is 54.6 Å². The fourth-order valence-corrected chi connectivity index (χ4v) is 4.57. The van der Waals surface area contributed by atoms with E-state index in [0.717, 1.165) is 31.2 Å². The van der Waals surface area contributed by atoms with E-state index in [1.807, 2.05) is 13.0 Å². The Hall–Kier alpha value is -2.99. The topological polar surface area (TPSA) is 38.7 Å². The molecule has 3 aromatic rings. The van der Waals surface area contributed by atoms with E-state index < -0.39 is 11.6 Å². The van der Waals surface area contributed by atoms with E-state index in [0.29, 0.717) is 24.3 Å². The average Bonchev–Trinajstić information content (AvgIpc) is 2.87. The predicted molar refractivity (Wildman–Crippen MR) is 125 cm³/mol. The van der Waals surface area contributed by atoms with E-state index in [1.165, 1.54) is 12.1 Å². The molecule has 1 aliphatic carbocycles. The van der Waals surface area contributed by atoms with Crippen LogP contribution in [0.3, 0.4) is 0 Å². The third-order valence-electron chi connectivity index (χ3n) is 6.54. The lowest BCUT2D eigenvalue weighted by molar-refractivity contribution is 0.192. The van der Waals surface area contributed by atoms with Gasteiger partial charge in [0.05, 0.1) is 19.8 Å². The molecule has 3 nitrogen and oxygen atoms in total. The normalized spacial score (nSPS) is 18.0. The fraction of sp³-hybridized carbons (Fsp3) is 0.357. The monoisotopic (exact) mass is 470 g/mol. The molecule has 6 heteroatoms. The lowest BCUT2D eigenvalue weighted by Gasteiger charge is -2.29. The SMILES string of the molecule is CCOc1ccc(C2CCC(COc3ccc(-c4ccc(CO)cc4)c(F)c3F)CC2)cc1F. The van der Waals surface area contributed by atoms with Gasteiger partial charge in [-0.1, -0.05) is 30.3 Å². The molecule has 1 aliphatic rings. The molecule has 1 fully saturated rings. The molecular formula is C28H29F3O3. The standard InChI is InChI=1S/C28H29F3O3/c1-2-33-25-13-11-22(15-24(25)29)20-7-5-19(6-8-20)17-34-26-14-12-23(27(30)28(26)31)21-9-3-18(16-32)4-10-21/h3-4,9-15,19-20,32H,2,5-8,16-17H2,1H3. The number of ether oxygens (including phenoxy) is 2. The Balaban J connectivity index is 1.34. The Bertz CT molecular complexity index is 1110. The molecule has 1 saturated carbocycles. The van der Waals surface area contributed by atoms with Gasteiger partial charge in [-0.15, -0.1) is 0 Å². The highest BCUT2D eigenvalue weighted by molar-refractivity contribution is 5.65. The molecule has 34 heavy (non-hydrogen) atoms. The van der Waals surface area contributed by atoms with Crippen LogP contribution in [-0.4, -0.2) is 18.3 Å². The van der Waals surface area contributed by atoms with Crippen molar-refractivity contribution in [3.05, 3.63) is 83.2 Å². The number of aliphatic hydroxyl groups is 1. The molecule has 0 atom stereocenters. The van der Waals surface area contributed by atoms with Crippen molar-refractivity contribution >= 4 is 0 Å². The van der Waals surface area contributed by atoms with E-state index in [1.54, 1.807) is 36.4 Å². The van der Waals surface area contributed by atoms with Crippen LogP contribution in [0.2, 0.25) is 0 Å². The second-order valence-electron chi connectivity index (χ2n) is 8.75. The molecule has 0 saturated heterocycles. The number of hydrogen-bond acceptors (Lipinski definition) is 3. The first-order valence-electron chi connectivity index (χ1n) is 11.7. The summed E-state index contributed by atoms with van der Waals surface area (Å²) in [5, 5.41) is 9.14. The Morgan fingerprint density at radius 1 is 0.824 bits per heavy atom. The molecule has 0 radical (unpaired) electrons. The molecule has 0 unspecified atom stereocenters. The maximum absolute atomic E-state index is 14.7. The Morgan fingerprint density at radius 3 is 2.18 bits per heavy atom. The molecule has 0 bridgehead atoms. The van der Waals surface area contributed by atoms with Gasteiger partial charge < -0.3 is 14.6 Å². The quantitative estimate of drug-likeness (QED) is 0.385. The van der Waals surface area contributed by atoms with Gasteiger partial charge in [0.1, 0.15) is 0 Å². The van der Waals surface area contributed by atoms with Crippen LogP contribution < -0.4 is 9.47 Å². The van der Waals surface area contributed by atoms with Gasteiger partial charge in [-0.25, -0.2) is 8.78 Å². The van der Waals surface area contributed by atoms with E-state index in [-0.39, 0.29) is 41.3 Å². The highest BCUT2D eigenvalue weighted by Gasteiger charge is 2.24. The second-order valence-corrected chi connectivity index (χ2v) is 8.75. The van der Waals surface area contributed by atoms with Crippen molar-refractivity contribution in [3.8, 4) is 22.6 Å².